The third kappa shape index (κ3) is 4.42. The lowest BCUT2D eigenvalue weighted by Crippen LogP contribution is -2.31. The van der Waals surface area contributed by atoms with E-state index in [1.165, 1.54) is 13.1 Å². The van der Waals surface area contributed by atoms with Gasteiger partial charge < -0.3 is 10.1 Å². The number of amides is 1. The largest absolute Gasteiger partial charge is 0.448 e. The second-order valence-corrected chi connectivity index (χ2v) is 6.54. The van der Waals surface area contributed by atoms with Gasteiger partial charge >= 0.3 is 5.97 Å². The lowest BCUT2D eigenvalue weighted by atomic mass is 10.3. The molecule has 0 aliphatic rings. The molecule has 0 radical (unpaired) electrons. The molecule has 2 heterocycles. The van der Waals surface area contributed by atoms with Gasteiger partial charge in [0, 0.05) is 18.3 Å². The Labute approximate surface area is 159 Å². The quantitative estimate of drug-likeness (QED) is 0.760. The maximum Gasteiger partial charge on any atom is 0.359 e. The van der Waals surface area contributed by atoms with E-state index in [9.17, 15) is 9.59 Å². The van der Waals surface area contributed by atoms with Gasteiger partial charge in [-0.2, -0.15) is 5.10 Å². The van der Waals surface area contributed by atoms with Crippen molar-refractivity contribution in [1.29, 1.82) is 0 Å². The van der Waals surface area contributed by atoms with E-state index >= 15 is 0 Å². The molecule has 0 aliphatic carbocycles. The summed E-state index contributed by atoms with van der Waals surface area (Å²) in [6.45, 7) is 5.27. The Morgan fingerprint density at radius 2 is 1.88 bits per heavy atom. The van der Waals surface area contributed by atoms with Crippen LogP contribution < -0.4 is 5.32 Å². The Hall–Kier alpha value is -1.83. The summed E-state index contributed by atoms with van der Waals surface area (Å²) in [5, 5.41) is 6.71. The lowest BCUT2D eigenvalue weighted by molar-refractivity contribution is -0.123. The van der Waals surface area contributed by atoms with Crippen molar-refractivity contribution >= 4 is 52.5 Å². The smallest absolute Gasteiger partial charge is 0.359 e. The molecule has 0 fully saturated rings. The number of pyridine rings is 1. The van der Waals surface area contributed by atoms with Crippen LogP contribution in [0.25, 0.3) is 0 Å². The minimum Gasteiger partial charge on any atom is -0.448 e. The molecule has 1 atom stereocenters. The fourth-order valence-electron chi connectivity index (χ4n) is 1.91. The number of ether oxygens (including phenoxy) is 1. The summed E-state index contributed by atoms with van der Waals surface area (Å²) in [5.74, 6) is -0.913. The highest BCUT2D eigenvalue weighted by Gasteiger charge is 2.24. The summed E-state index contributed by atoms with van der Waals surface area (Å²) in [5.41, 5.74) is -0.220. The first-order valence-corrected chi connectivity index (χ1v) is 8.40. The van der Waals surface area contributed by atoms with E-state index in [2.05, 4.69) is 15.4 Å². The highest BCUT2D eigenvalue weighted by atomic mass is 35.5. The minimum atomic E-state index is -1.09. The van der Waals surface area contributed by atoms with Crippen LogP contribution in [0.4, 0.5) is 5.82 Å². The Morgan fingerprint density at radius 1 is 1.20 bits per heavy atom. The zero-order chi connectivity index (χ0) is 18.7. The fourth-order valence-corrected chi connectivity index (χ4v) is 2.47. The molecule has 2 aromatic heterocycles. The number of anilines is 1. The fraction of sp³-hybridized carbons (Fsp3) is 0.333. The number of carbonyl (C=O) groups is 2. The normalized spacial score (nSPS) is 12.1. The molecule has 1 N–H and O–H groups in total. The molecule has 134 valence electrons. The van der Waals surface area contributed by atoms with E-state index in [0.717, 1.165) is 0 Å². The van der Waals surface area contributed by atoms with Gasteiger partial charge in [-0.1, -0.05) is 34.8 Å². The number of esters is 1. The maximum atomic E-state index is 12.2. The number of nitrogens with zero attached hydrogens (tertiary/aromatic N) is 3. The second-order valence-electron chi connectivity index (χ2n) is 5.37. The van der Waals surface area contributed by atoms with Crippen molar-refractivity contribution in [1.82, 2.24) is 14.8 Å². The molecule has 0 spiro atoms. The second kappa shape index (κ2) is 8.03. The Balaban J connectivity index is 2.07. The predicted octanol–water partition coefficient (Wildman–Crippen LogP) is 4.00. The van der Waals surface area contributed by atoms with E-state index < -0.39 is 18.0 Å². The number of rotatable bonds is 5. The van der Waals surface area contributed by atoms with Crippen molar-refractivity contribution in [3.8, 4) is 0 Å². The topological polar surface area (TPSA) is 86.1 Å². The van der Waals surface area contributed by atoms with Gasteiger partial charge in [0.1, 0.15) is 5.82 Å². The van der Waals surface area contributed by atoms with Crippen LogP contribution >= 0.6 is 34.8 Å². The van der Waals surface area contributed by atoms with Crippen molar-refractivity contribution in [2.45, 2.75) is 32.9 Å². The summed E-state index contributed by atoms with van der Waals surface area (Å²) >= 11 is 17.6. The summed E-state index contributed by atoms with van der Waals surface area (Å²) in [4.78, 5) is 28.2. The first-order chi connectivity index (χ1) is 11.7. The van der Waals surface area contributed by atoms with Gasteiger partial charge in [0.25, 0.3) is 5.91 Å². The molecule has 2 aromatic rings. The van der Waals surface area contributed by atoms with Gasteiger partial charge in [-0.15, -0.1) is 0 Å². The minimum absolute atomic E-state index is 0.0109. The molecule has 1 amide bonds. The monoisotopic (exact) mass is 404 g/mol. The third-order valence-corrected chi connectivity index (χ3v) is 4.41. The van der Waals surface area contributed by atoms with Gasteiger partial charge in [0.05, 0.1) is 21.3 Å². The summed E-state index contributed by atoms with van der Waals surface area (Å²) in [7, 11) is 0. The third-order valence-electron chi connectivity index (χ3n) is 3.17. The lowest BCUT2D eigenvalue weighted by Gasteiger charge is -2.16. The number of carbonyl (C=O) groups excluding carboxylic acids is 2. The van der Waals surface area contributed by atoms with Crippen LogP contribution in [0.5, 0.6) is 0 Å². The van der Waals surface area contributed by atoms with E-state index in [-0.39, 0.29) is 26.8 Å². The molecule has 0 aromatic carbocycles. The molecule has 0 saturated heterocycles. The van der Waals surface area contributed by atoms with E-state index in [0.29, 0.717) is 5.82 Å². The number of halogens is 3. The molecule has 0 bridgehead atoms. The van der Waals surface area contributed by atoms with Crippen LogP contribution in [0.2, 0.25) is 15.1 Å². The van der Waals surface area contributed by atoms with E-state index in [4.69, 9.17) is 39.5 Å². The zero-order valence-electron chi connectivity index (χ0n) is 13.6. The van der Waals surface area contributed by atoms with Crippen LogP contribution in [0.3, 0.4) is 0 Å². The molecular weight excluding hydrogens is 391 g/mol. The number of hydrogen-bond donors (Lipinski definition) is 1. The maximum absolute atomic E-state index is 12.2. The first-order valence-electron chi connectivity index (χ1n) is 7.27. The number of nitrogens with one attached hydrogen (secondary N) is 1. The molecule has 25 heavy (non-hydrogen) atoms. The Morgan fingerprint density at radius 3 is 2.52 bits per heavy atom. The van der Waals surface area contributed by atoms with Crippen LogP contribution in [0.1, 0.15) is 37.3 Å². The molecule has 0 unspecified atom stereocenters. The van der Waals surface area contributed by atoms with Gasteiger partial charge in [-0.25, -0.2) is 14.5 Å². The average molecular weight is 406 g/mol. The summed E-state index contributed by atoms with van der Waals surface area (Å²) < 4.78 is 6.72. The van der Waals surface area contributed by atoms with Crippen molar-refractivity contribution in [3.63, 3.8) is 0 Å². The van der Waals surface area contributed by atoms with Crippen LogP contribution in [-0.2, 0) is 9.53 Å². The number of hydrogen-bond acceptors (Lipinski definition) is 5. The molecule has 10 heteroatoms. The van der Waals surface area contributed by atoms with Crippen molar-refractivity contribution in [2.75, 3.05) is 5.32 Å². The first kappa shape index (κ1) is 19.5. The number of aromatic nitrogens is 3. The molecule has 0 aliphatic heterocycles. The van der Waals surface area contributed by atoms with Crippen molar-refractivity contribution in [3.05, 3.63) is 39.2 Å². The average Bonchev–Trinajstić information content (AvgIpc) is 3.00. The van der Waals surface area contributed by atoms with Crippen LogP contribution in [0.15, 0.2) is 18.5 Å². The van der Waals surface area contributed by atoms with Crippen molar-refractivity contribution < 1.29 is 14.3 Å². The Kier molecular flexibility index (Phi) is 6.26. The summed E-state index contributed by atoms with van der Waals surface area (Å²) in [6.07, 6.45) is 1.65. The van der Waals surface area contributed by atoms with E-state index in [1.807, 2.05) is 13.8 Å². The Bertz CT molecular complexity index is 807. The van der Waals surface area contributed by atoms with Crippen molar-refractivity contribution in [2.24, 2.45) is 0 Å². The summed E-state index contributed by atoms with van der Waals surface area (Å²) in [6, 6.07) is 1.70. The highest BCUT2D eigenvalue weighted by Crippen LogP contribution is 2.31. The molecular formula is C15H15Cl3N4O3. The van der Waals surface area contributed by atoms with Gasteiger partial charge in [-0.05, 0) is 20.8 Å². The van der Waals surface area contributed by atoms with Gasteiger partial charge in [0.15, 0.2) is 11.8 Å². The molecule has 0 saturated carbocycles. The van der Waals surface area contributed by atoms with Gasteiger partial charge in [-0.3, -0.25) is 4.79 Å². The molecule has 2 rings (SSSR count). The van der Waals surface area contributed by atoms with Crippen LogP contribution in [-0.4, -0.2) is 32.7 Å². The SMILES string of the molecule is CC(C)n1nccc1NC(=O)[C@@H](C)OC(=O)c1ncc(Cl)c(Cl)c1Cl. The van der Waals surface area contributed by atoms with Crippen LogP contribution in [0, 0.1) is 0 Å². The molecule has 7 nitrogen and oxygen atoms in total. The van der Waals surface area contributed by atoms with E-state index in [1.54, 1.807) is 16.9 Å². The highest BCUT2D eigenvalue weighted by molar-refractivity contribution is 6.48. The predicted molar refractivity (Wildman–Crippen MR) is 95.4 cm³/mol. The van der Waals surface area contributed by atoms with Gasteiger partial charge in [0.2, 0.25) is 0 Å². The zero-order valence-corrected chi connectivity index (χ0v) is 15.9. The standard InChI is InChI=1S/C15H15Cl3N4O3/c1-7(2)22-10(4-5-20-22)21-14(23)8(3)25-15(24)13-12(18)11(17)9(16)6-19-13/h4-8H,1-3H3,(H,21,23)/t8-/m1/s1.